The quantitative estimate of drug-likeness (QED) is 0.472. The van der Waals surface area contributed by atoms with Crippen LogP contribution in [0.15, 0.2) is 53.4 Å². The molecule has 1 fully saturated rings. The molecule has 7 nitrogen and oxygen atoms in total. The second-order valence-corrected chi connectivity index (χ2v) is 8.93. The number of ether oxygens (including phenoxy) is 2. The molecule has 8 heteroatoms. The summed E-state index contributed by atoms with van der Waals surface area (Å²) in [4.78, 5) is 24.6. The van der Waals surface area contributed by atoms with E-state index in [1.165, 1.54) is 28.6 Å². The normalized spacial score (nSPS) is 15.0. The fourth-order valence-electron chi connectivity index (χ4n) is 3.14. The van der Waals surface area contributed by atoms with Gasteiger partial charge in [0, 0.05) is 18.7 Å². The van der Waals surface area contributed by atoms with E-state index in [1.807, 2.05) is 12.1 Å². The molecule has 0 spiro atoms. The summed E-state index contributed by atoms with van der Waals surface area (Å²) in [6, 6.07) is 12.8. The lowest BCUT2D eigenvalue weighted by atomic mass is 10.1. The van der Waals surface area contributed by atoms with Crippen molar-refractivity contribution in [2.45, 2.75) is 24.7 Å². The molecule has 2 aromatic rings. The number of rotatable bonds is 8. The molecule has 0 N–H and O–H groups in total. The van der Waals surface area contributed by atoms with E-state index >= 15 is 0 Å². The zero-order valence-electron chi connectivity index (χ0n) is 16.9. The Morgan fingerprint density at radius 3 is 2.17 bits per heavy atom. The van der Waals surface area contributed by atoms with E-state index < -0.39 is 16.0 Å². The van der Waals surface area contributed by atoms with Crippen LogP contribution < -0.4 is 0 Å². The molecule has 1 aliphatic heterocycles. The van der Waals surface area contributed by atoms with Gasteiger partial charge in [-0.25, -0.2) is 13.2 Å². The highest BCUT2D eigenvalue weighted by atomic mass is 32.2. The molecule has 3 rings (SSSR count). The van der Waals surface area contributed by atoms with Crippen molar-refractivity contribution < 1.29 is 27.5 Å². The van der Waals surface area contributed by atoms with Crippen LogP contribution >= 0.6 is 0 Å². The maximum absolute atomic E-state index is 12.6. The lowest BCUT2D eigenvalue weighted by molar-refractivity contribution is 0.0474. The van der Waals surface area contributed by atoms with Gasteiger partial charge in [0.2, 0.25) is 10.0 Å². The van der Waals surface area contributed by atoms with Gasteiger partial charge in [0.25, 0.3) is 0 Å². The van der Waals surface area contributed by atoms with Gasteiger partial charge in [0.1, 0.15) is 0 Å². The number of aryl methyl sites for hydroxylation is 1. The number of carbonyl (C=O) groups excluding carboxylic acids is 2. The van der Waals surface area contributed by atoms with Crippen LogP contribution in [0.1, 0.15) is 39.6 Å². The van der Waals surface area contributed by atoms with Gasteiger partial charge in [0.05, 0.1) is 23.7 Å². The van der Waals surface area contributed by atoms with Crippen LogP contribution in [0, 0.1) is 0 Å². The molecule has 0 atom stereocenters. The summed E-state index contributed by atoms with van der Waals surface area (Å²) in [5.41, 5.74) is 1.81. The van der Waals surface area contributed by atoms with E-state index in [1.54, 1.807) is 12.1 Å². The lowest BCUT2D eigenvalue weighted by Crippen LogP contribution is -2.40. The van der Waals surface area contributed by atoms with Gasteiger partial charge in [0.15, 0.2) is 12.4 Å². The summed E-state index contributed by atoms with van der Waals surface area (Å²) in [6.07, 6.45) is 1.97. The highest BCUT2D eigenvalue weighted by Gasteiger charge is 2.26. The minimum absolute atomic E-state index is 0.101. The molecule has 0 amide bonds. The van der Waals surface area contributed by atoms with Crippen LogP contribution in [0.25, 0.3) is 0 Å². The van der Waals surface area contributed by atoms with Crippen LogP contribution in [0.2, 0.25) is 0 Å². The van der Waals surface area contributed by atoms with Gasteiger partial charge < -0.3 is 9.47 Å². The fourth-order valence-corrected chi connectivity index (χ4v) is 4.55. The number of hydrogen-bond donors (Lipinski definition) is 0. The molecule has 160 valence electrons. The van der Waals surface area contributed by atoms with Crippen molar-refractivity contribution in [1.29, 1.82) is 0 Å². The highest BCUT2D eigenvalue weighted by molar-refractivity contribution is 7.89. The molecular formula is C22H25NO6S. The first-order valence-corrected chi connectivity index (χ1v) is 11.3. The molecule has 1 aliphatic rings. The maximum atomic E-state index is 12.6. The van der Waals surface area contributed by atoms with E-state index in [-0.39, 0.29) is 22.8 Å². The number of carbonyl (C=O) groups is 2. The SMILES string of the molecule is CCCc1ccc(C(=O)COC(=O)c2ccc(S(=O)(=O)N3CCOCC3)cc2)cc1. The largest absolute Gasteiger partial charge is 0.454 e. The van der Waals surface area contributed by atoms with Crippen LogP contribution in [0.3, 0.4) is 0 Å². The van der Waals surface area contributed by atoms with E-state index in [2.05, 4.69) is 6.92 Å². The van der Waals surface area contributed by atoms with E-state index in [0.717, 1.165) is 18.4 Å². The Morgan fingerprint density at radius 2 is 1.57 bits per heavy atom. The Kier molecular flexibility index (Phi) is 7.36. The zero-order valence-corrected chi connectivity index (χ0v) is 17.7. The van der Waals surface area contributed by atoms with Crippen molar-refractivity contribution in [2.75, 3.05) is 32.9 Å². The van der Waals surface area contributed by atoms with E-state index in [0.29, 0.717) is 31.9 Å². The highest BCUT2D eigenvalue weighted by Crippen LogP contribution is 2.18. The average molecular weight is 432 g/mol. The Balaban J connectivity index is 1.58. The fraction of sp³-hybridized carbons (Fsp3) is 0.364. The van der Waals surface area contributed by atoms with Crippen LogP contribution in [0.4, 0.5) is 0 Å². The van der Waals surface area contributed by atoms with Crippen LogP contribution in [-0.2, 0) is 25.9 Å². The Labute approximate surface area is 176 Å². The van der Waals surface area contributed by atoms with E-state index in [4.69, 9.17) is 9.47 Å². The monoisotopic (exact) mass is 431 g/mol. The summed E-state index contributed by atoms with van der Waals surface area (Å²) in [7, 11) is -3.63. The Hall–Kier alpha value is -2.55. The molecule has 30 heavy (non-hydrogen) atoms. The van der Waals surface area contributed by atoms with Crippen LogP contribution in [-0.4, -0.2) is 57.4 Å². The minimum Gasteiger partial charge on any atom is -0.454 e. The summed E-state index contributed by atoms with van der Waals surface area (Å²) < 4.78 is 36.9. The molecule has 1 heterocycles. The maximum Gasteiger partial charge on any atom is 0.338 e. The summed E-state index contributed by atoms with van der Waals surface area (Å²) in [5, 5.41) is 0. The Morgan fingerprint density at radius 1 is 0.967 bits per heavy atom. The number of sulfonamides is 1. The first-order chi connectivity index (χ1) is 14.4. The molecule has 0 aromatic heterocycles. The molecular weight excluding hydrogens is 406 g/mol. The van der Waals surface area contributed by atoms with Gasteiger partial charge >= 0.3 is 5.97 Å². The minimum atomic E-state index is -3.63. The van der Waals surface area contributed by atoms with E-state index in [9.17, 15) is 18.0 Å². The number of Topliss-reactive ketones (excluding diaryl/α,β-unsaturated/α-hetero) is 1. The molecule has 0 bridgehead atoms. The van der Waals surface area contributed by atoms with Gasteiger partial charge in [-0.15, -0.1) is 0 Å². The molecule has 0 radical (unpaired) electrons. The number of benzene rings is 2. The first-order valence-electron chi connectivity index (χ1n) is 9.89. The van der Waals surface area contributed by atoms with Crippen molar-refractivity contribution in [3.63, 3.8) is 0 Å². The molecule has 0 unspecified atom stereocenters. The summed E-state index contributed by atoms with van der Waals surface area (Å²) in [5.74, 6) is -0.973. The molecule has 1 saturated heterocycles. The first kappa shape index (κ1) is 22.1. The Bertz CT molecular complexity index is 977. The van der Waals surface area contributed by atoms with Crippen LogP contribution in [0.5, 0.6) is 0 Å². The summed E-state index contributed by atoms with van der Waals surface area (Å²) >= 11 is 0. The predicted octanol–water partition coefficient (Wildman–Crippen LogP) is 2.70. The number of hydrogen-bond acceptors (Lipinski definition) is 6. The predicted molar refractivity (Wildman–Crippen MR) is 111 cm³/mol. The molecule has 0 saturated carbocycles. The third-order valence-electron chi connectivity index (χ3n) is 4.85. The van der Waals surface area contributed by atoms with Crippen molar-refractivity contribution in [1.82, 2.24) is 4.31 Å². The van der Waals surface area contributed by atoms with Gasteiger partial charge in [-0.3, -0.25) is 4.79 Å². The smallest absolute Gasteiger partial charge is 0.338 e. The van der Waals surface area contributed by atoms with Crippen molar-refractivity contribution in [3.05, 3.63) is 65.2 Å². The van der Waals surface area contributed by atoms with Crippen molar-refractivity contribution in [2.24, 2.45) is 0 Å². The lowest BCUT2D eigenvalue weighted by Gasteiger charge is -2.26. The van der Waals surface area contributed by atoms with Crippen molar-refractivity contribution >= 4 is 21.8 Å². The average Bonchev–Trinajstić information content (AvgIpc) is 2.78. The standard InChI is InChI=1S/C22H25NO6S/c1-2-3-17-4-6-18(7-5-17)21(24)16-29-22(25)19-8-10-20(11-9-19)30(26,27)23-12-14-28-15-13-23/h4-11H,2-3,12-16H2,1H3. The van der Waals surface area contributed by atoms with Gasteiger partial charge in [-0.05, 0) is 36.2 Å². The number of esters is 1. The number of ketones is 1. The second kappa shape index (κ2) is 9.97. The van der Waals surface area contributed by atoms with Crippen molar-refractivity contribution in [3.8, 4) is 0 Å². The number of nitrogens with zero attached hydrogens (tertiary/aromatic N) is 1. The second-order valence-electron chi connectivity index (χ2n) is 6.99. The van der Waals surface area contributed by atoms with Gasteiger partial charge in [-0.1, -0.05) is 37.6 Å². The number of morpholine rings is 1. The summed E-state index contributed by atoms with van der Waals surface area (Å²) in [6.45, 7) is 3.03. The third kappa shape index (κ3) is 5.33. The van der Waals surface area contributed by atoms with Gasteiger partial charge in [-0.2, -0.15) is 4.31 Å². The molecule has 2 aromatic carbocycles. The molecule has 0 aliphatic carbocycles. The zero-order chi connectivity index (χ0) is 21.6. The third-order valence-corrected chi connectivity index (χ3v) is 6.76. The topological polar surface area (TPSA) is 90.0 Å².